The molecule has 0 aliphatic carbocycles. The summed E-state index contributed by atoms with van der Waals surface area (Å²) in [6.07, 6.45) is 5.92. The van der Waals surface area contributed by atoms with Crippen LogP contribution in [0.4, 0.5) is 0 Å². The van der Waals surface area contributed by atoms with Gasteiger partial charge in [-0.3, -0.25) is 5.41 Å². The molecule has 8 nitrogen and oxygen atoms in total. The average Bonchev–Trinajstić information content (AvgIpc) is 2.43. The largest absolute Gasteiger partial charge is 0.274 e. The molecule has 114 valence electrons. The van der Waals surface area contributed by atoms with E-state index in [9.17, 15) is 10.1 Å². The summed E-state index contributed by atoms with van der Waals surface area (Å²) in [6.45, 7) is 2.24. The molecule has 0 spiro atoms. The number of hydrazone groups is 1. The molecule has 0 fully saturated rings. The standard InChI is InChI=1S/C12H17ClN6O2/c1-2-3-4-7-16-18(12(14)17-19(20)21)9-10-5-6-11(13)15-8-10/h5-8H,2-4,9H2,1H3,(H2,14,17). The van der Waals surface area contributed by atoms with Crippen molar-refractivity contribution < 1.29 is 5.03 Å². The molecule has 1 aromatic rings. The highest BCUT2D eigenvalue weighted by molar-refractivity contribution is 6.29. The Morgan fingerprint density at radius 3 is 3.00 bits per heavy atom. The van der Waals surface area contributed by atoms with Crippen molar-refractivity contribution in [1.29, 1.82) is 5.41 Å². The Bertz CT molecular complexity index is 505. The summed E-state index contributed by atoms with van der Waals surface area (Å²) < 4.78 is 0. The summed E-state index contributed by atoms with van der Waals surface area (Å²) in [7, 11) is 0. The van der Waals surface area contributed by atoms with E-state index in [0.717, 1.165) is 24.8 Å². The van der Waals surface area contributed by atoms with E-state index in [1.807, 2.05) is 0 Å². The molecule has 0 radical (unpaired) electrons. The normalized spacial score (nSPS) is 10.6. The maximum Gasteiger partial charge on any atom is 0.274 e. The molecule has 0 aliphatic heterocycles. The van der Waals surface area contributed by atoms with E-state index in [2.05, 4.69) is 17.0 Å². The van der Waals surface area contributed by atoms with Crippen molar-refractivity contribution in [3.05, 3.63) is 39.2 Å². The van der Waals surface area contributed by atoms with Crippen LogP contribution < -0.4 is 5.43 Å². The second kappa shape index (κ2) is 8.85. The number of hydrazine groups is 1. The second-order valence-electron chi connectivity index (χ2n) is 4.20. The number of rotatable bonds is 7. The smallest absolute Gasteiger partial charge is 0.263 e. The maximum atomic E-state index is 10.4. The predicted octanol–water partition coefficient (Wildman–Crippen LogP) is 2.43. The molecule has 0 saturated carbocycles. The van der Waals surface area contributed by atoms with Gasteiger partial charge in [0.15, 0.2) is 5.03 Å². The molecule has 2 N–H and O–H groups in total. The third-order valence-corrected chi connectivity index (χ3v) is 2.71. The Morgan fingerprint density at radius 1 is 1.67 bits per heavy atom. The molecule has 0 amide bonds. The number of nitrogens with zero attached hydrogens (tertiary/aromatic N) is 4. The minimum atomic E-state index is -0.795. The quantitative estimate of drug-likeness (QED) is 0.201. The van der Waals surface area contributed by atoms with Gasteiger partial charge in [0, 0.05) is 12.4 Å². The van der Waals surface area contributed by atoms with Gasteiger partial charge in [-0.25, -0.2) is 20.1 Å². The Morgan fingerprint density at radius 2 is 2.43 bits per heavy atom. The number of aromatic nitrogens is 1. The first-order valence-electron chi connectivity index (χ1n) is 6.43. The van der Waals surface area contributed by atoms with Gasteiger partial charge in [0.25, 0.3) is 5.96 Å². The number of halogens is 1. The van der Waals surface area contributed by atoms with Gasteiger partial charge in [-0.1, -0.05) is 36.4 Å². The van der Waals surface area contributed by atoms with Gasteiger partial charge in [0.2, 0.25) is 0 Å². The van der Waals surface area contributed by atoms with Crippen LogP contribution in [0.3, 0.4) is 0 Å². The number of nitrogens with one attached hydrogen (secondary N) is 2. The van der Waals surface area contributed by atoms with E-state index in [1.165, 1.54) is 11.2 Å². The highest BCUT2D eigenvalue weighted by atomic mass is 35.5. The van der Waals surface area contributed by atoms with Crippen molar-refractivity contribution in [2.75, 3.05) is 0 Å². The summed E-state index contributed by atoms with van der Waals surface area (Å²) >= 11 is 5.70. The lowest BCUT2D eigenvalue weighted by atomic mass is 10.3. The SMILES string of the molecule is CCCCC=NN(Cc1ccc(Cl)nc1)C(=N)N[N+](=O)[O-]. The van der Waals surface area contributed by atoms with Crippen LogP contribution in [0.5, 0.6) is 0 Å². The number of hydrogen-bond acceptors (Lipinski definition) is 5. The van der Waals surface area contributed by atoms with Gasteiger partial charge in [-0.2, -0.15) is 5.10 Å². The van der Waals surface area contributed by atoms with Gasteiger partial charge < -0.3 is 0 Å². The molecular formula is C12H17ClN6O2. The first-order chi connectivity index (χ1) is 10.0. The molecule has 0 unspecified atom stereocenters. The maximum absolute atomic E-state index is 10.4. The van der Waals surface area contributed by atoms with Crippen molar-refractivity contribution in [1.82, 2.24) is 15.4 Å². The van der Waals surface area contributed by atoms with E-state index in [0.29, 0.717) is 5.15 Å². The van der Waals surface area contributed by atoms with Gasteiger partial charge in [0.05, 0.1) is 6.54 Å². The van der Waals surface area contributed by atoms with E-state index in [-0.39, 0.29) is 6.54 Å². The lowest BCUT2D eigenvalue weighted by molar-refractivity contribution is -0.526. The van der Waals surface area contributed by atoms with Crippen LogP contribution in [-0.2, 0) is 6.54 Å². The summed E-state index contributed by atoms with van der Waals surface area (Å²) in [4.78, 5) is 14.4. The average molecular weight is 313 g/mol. The van der Waals surface area contributed by atoms with Gasteiger partial charge >= 0.3 is 0 Å². The fourth-order valence-electron chi connectivity index (χ4n) is 1.45. The van der Waals surface area contributed by atoms with E-state index >= 15 is 0 Å². The highest BCUT2D eigenvalue weighted by Gasteiger charge is 2.13. The molecule has 0 atom stereocenters. The number of hydrogen-bond donors (Lipinski definition) is 2. The molecule has 1 aromatic heterocycles. The number of pyridine rings is 1. The van der Waals surface area contributed by atoms with E-state index in [1.54, 1.807) is 23.8 Å². The molecule has 0 saturated heterocycles. The fourth-order valence-corrected chi connectivity index (χ4v) is 1.56. The minimum Gasteiger partial charge on any atom is -0.263 e. The van der Waals surface area contributed by atoms with Crippen LogP contribution in [-0.4, -0.2) is 27.2 Å². The molecule has 1 heterocycles. The van der Waals surface area contributed by atoms with Crippen molar-refractivity contribution >= 4 is 23.8 Å². The number of unbranched alkanes of at least 4 members (excludes halogenated alkanes) is 2. The fraction of sp³-hybridized carbons (Fsp3) is 0.417. The molecule has 1 rings (SSSR count). The molecule has 0 bridgehead atoms. The monoisotopic (exact) mass is 312 g/mol. The van der Waals surface area contributed by atoms with Crippen molar-refractivity contribution in [2.45, 2.75) is 32.7 Å². The number of guanidine groups is 1. The van der Waals surface area contributed by atoms with Crippen LogP contribution in [0, 0.1) is 15.5 Å². The van der Waals surface area contributed by atoms with Crippen molar-refractivity contribution in [3.63, 3.8) is 0 Å². The van der Waals surface area contributed by atoms with Gasteiger partial charge in [-0.05, 0) is 24.5 Å². The Labute approximate surface area is 127 Å². The lowest BCUT2D eigenvalue weighted by Crippen LogP contribution is -2.40. The summed E-state index contributed by atoms with van der Waals surface area (Å²) in [5.74, 6) is -0.414. The van der Waals surface area contributed by atoms with E-state index < -0.39 is 11.0 Å². The van der Waals surface area contributed by atoms with Crippen LogP contribution in [0.25, 0.3) is 0 Å². The third kappa shape index (κ3) is 6.66. The third-order valence-electron chi connectivity index (χ3n) is 2.48. The molecule has 0 aromatic carbocycles. The molecule has 21 heavy (non-hydrogen) atoms. The topological polar surface area (TPSA) is 108 Å². The predicted molar refractivity (Wildman–Crippen MR) is 80.7 cm³/mol. The van der Waals surface area contributed by atoms with E-state index in [4.69, 9.17) is 17.0 Å². The van der Waals surface area contributed by atoms with Crippen LogP contribution in [0.1, 0.15) is 31.7 Å². The highest BCUT2D eigenvalue weighted by Crippen LogP contribution is 2.08. The summed E-state index contributed by atoms with van der Waals surface area (Å²) in [5.41, 5.74) is 2.52. The zero-order valence-corrected chi connectivity index (χ0v) is 12.4. The minimum absolute atomic E-state index is 0.187. The van der Waals surface area contributed by atoms with Crippen LogP contribution >= 0.6 is 11.6 Å². The first-order valence-corrected chi connectivity index (χ1v) is 6.80. The van der Waals surface area contributed by atoms with Crippen LogP contribution in [0.15, 0.2) is 23.4 Å². The van der Waals surface area contributed by atoms with Gasteiger partial charge in [-0.15, -0.1) is 0 Å². The molecular weight excluding hydrogens is 296 g/mol. The van der Waals surface area contributed by atoms with Gasteiger partial charge in [0.1, 0.15) is 5.15 Å². The van der Waals surface area contributed by atoms with Crippen molar-refractivity contribution in [3.8, 4) is 0 Å². The Kier molecular flexibility index (Phi) is 7.10. The Balaban J connectivity index is 2.75. The van der Waals surface area contributed by atoms with Crippen molar-refractivity contribution in [2.24, 2.45) is 5.10 Å². The lowest BCUT2D eigenvalue weighted by Gasteiger charge is -2.17. The summed E-state index contributed by atoms with van der Waals surface area (Å²) in [6, 6.07) is 3.34. The molecule has 9 heteroatoms. The first kappa shape index (κ1) is 16.8. The number of nitro groups is 1. The Hall–Kier alpha value is -2.22. The molecule has 0 aliphatic rings. The zero-order valence-electron chi connectivity index (χ0n) is 11.6. The van der Waals surface area contributed by atoms with Crippen LogP contribution in [0.2, 0.25) is 5.15 Å². The second-order valence-corrected chi connectivity index (χ2v) is 4.59. The zero-order chi connectivity index (χ0) is 15.7. The summed E-state index contributed by atoms with van der Waals surface area (Å²) in [5, 5.41) is 22.9.